The van der Waals surface area contributed by atoms with Crippen LogP contribution >= 0.6 is 11.8 Å². The third-order valence-electron chi connectivity index (χ3n) is 3.37. The van der Waals surface area contributed by atoms with Crippen LogP contribution in [-0.4, -0.2) is 34.1 Å². The summed E-state index contributed by atoms with van der Waals surface area (Å²) in [6.45, 7) is 3.02. The highest BCUT2D eigenvalue weighted by molar-refractivity contribution is 7.99. The zero-order chi connectivity index (χ0) is 13.7. The fourth-order valence-corrected chi connectivity index (χ4v) is 3.17. The Kier molecular flexibility index (Phi) is 5.13. The maximum atomic E-state index is 5.75. The van der Waals surface area contributed by atoms with E-state index < -0.39 is 0 Å². The van der Waals surface area contributed by atoms with Crippen molar-refractivity contribution in [1.29, 1.82) is 0 Å². The van der Waals surface area contributed by atoms with Crippen molar-refractivity contribution in [2.45, 2.75) is 43.9 Å². The van der Waals surface area contributed by atoms with Gasteiger partial charge in [-0.15, -0.1) is 0 Å². The number of thioether (sulfide) groups is 1. The van der Waals surface area contributed by atoms with Crippen molar-refractivity contribution >= 4 is 29.3 Å². The van der Waals surface area contributed by atoms with Gasteiger partial charge in [-0.3, -0.25) is 0 Å². The summed E-state index contributed by atoms with van der Waals surface area (Å²) in [5, 5.41) is 7.50. The minimum absolute atomic E-state index is 0.322. The van der Waals surface area contributed by atoms with Gasteiger partial charge in [0.2, 0.25) is 5.95 Å². The van der Waals surface area contributed by atoms with Gasteiger partial charge in [0.25, 0.3) is 0 Å². The minimum Gasteiger partial charge on any atom is -0.370 e. The van der Waals surface area contributed by atoms with Gasteiger partial charge < -0.3 is 16.4 Å². The molecule has 2 atom stereocenters. The van der Waals surface area contributed by atoms with E-state index >= 15 is 0 Å². The monoisotopic (exact) mass is 281 g/mol. The molecule has 0 bridgehead atoms. The summed E-state index contributed by atoms with van der Waals surface area (Å²) >= 11 is 1.95. The lowest BCUT2D eigenvalue weighted by Crippen LogP contribution is -2.18. The van der Waals surface area contributed by atoms with E-state index in [0.717, 1.165) is 29.9 Å². The van der Waals surface area contributed by atoms with Crippen LogP contribution in [0, 0.1) is 0 Å². The zero-order valence-corrected chi connectivity index (χ0v) is 12.5. The Morgan fingerprint density at radius 3 is 2.84 bits per heavy atom. The minimum atomic E-state index is 0.322. The van der Waals surface area contributed by atoms with Crippen molar-refractivity contribution in [2.75, 3.05) is 29.2 Å². The Hall–Kier alpha value is -1.17. The number of nitrogen functional groups attached to an aromatic ring is 1. The molecule has 0 radical (unpaired) electrons. The molecule has 2 unspecified atom stereocenters. The van der Waals surface area contributed by atoms with Crippen LogP contribution in [0.4, 0.5) is 17.6 Å². The molecule has 1 saturated carbocycles. The predicted octanol–water partition coefficient (Wildman–Crippen LogP) is 2.58. The Labute approximate surface area is 119 Å². The molecule has 0 aromatic carbocycles. The lowest BCUT2D eigenvalue weighted by molar-refractivity contribution is 0.752. The van der Waals surface area contributed by atoms with Crippen LogP contribution in [-0.2, 0) is 0 Å². The molecule has 1 aromatic heterocycles. The molecule has 0 aliphatic heterocycles. The lowest BCUT2D eigenvalue weighted by Gasteiger charge is -2.14. The van der Waals surface area contributed by atoms with Gasteiger partial charge >= 0.3 is 0 Å². The highest BCUT2D eigenvalue weighted by atomic mass is 32.2. The van der Waals surface area contributed by atoms with Crippen molar-refractivity contribution in [3.8, 4) is 0 Å². The molecular formula is C13H23N5S. The number of aromatic nitrogens is 2. The normalized spacial score (nSPS) is 22.4. The fourth-order valence-electron chi connectivity index (χ4n) is 2.38. The average Bonchev–Trinajstić information content (AvgIpc) is 2.83. The Bertz CT molecular complexity index is 412. The number of hydrogen-bond donors (Lipinski definition) is 3. The van der Waals surface area contributed by atoms with E-state index in [2.05, 4.69) is 33.8 Å². The van der Waals surface area contributed by atoms with Gasteiger partial charge in [0.15, 0.2) is 0 Å². The Morgan fingerprint density at radius 1 is 1.37 bits per heavy atom. The van der Waals surface area contributed by atoms with Crippen LogP contribution in [0.2, 0.25) is 0 Å². The third-order valence-corrected chi connectivity index (χ3v) is 4.46. The second-order valence-electron chi connectivity index (χ2n) is 4.94. The molecule has 0 saturated heterocycles. The molecule has 1 fully saturated rings. The first kappa shape index (κ1) is 14.2. The molecule has 106 valence electrons. The first-order chi connectivity index (χ1) is 9.21. The number of rotatable bonds is 6. The third kappa shape index (κ3) is 4.16. The van der Waals surface area contributed by atoms with E-state index in [1.54, 1.807) is 0 Å². The van der Waals surface area contributed by atoms with Gasteiger partial charge in [0.1, 0.15) is 11.6 Å². The van der Waals surface area contributed by atoms with E-state index in [-0.39, 0.29) is 0 Å². The summed E-state index contributed by atoms with van der Waals surface area (Å²) in [6.07, 6.45) is 6.92. The van der Waals surface area contributed by atoms with Gasteiger partial charge in [-0.25, -0.2) is 0 Å². The quantitative estimate of drug-likeness (QED) is 0.744. The largest absolute Gasteiger partial charge is 0.370 e. The van der Waals surface area contributed by atoms with Crippen LogP contribution in [0.3, 0.4) is 0 Å². The van der Waals surface area contributed by atoms with E-state index in [9.17, 15) is 0 Å². The van der Waals surface area contributed by atoms with Gasteiger partial charge in [-0.05, 0) is 31.9 Å². The van der Waals surface area contributed by atoms with E-state index in [4.69, 9.17) is 5.73 Å². The molecule has 4 N–H and O–H groups in total. The van der Waals surface area contributed by atoms with Crippen LogP contribution in [0.25, 0.3) is 0 Å². The predicted molar refractivity (Wildman–Crippen MR) is 83.8 cm³/mol. The van der Waals surface area contributed by atoms with Crippen LogP contribution in [0.1, 0.15) is 32.6 Å². The standard InChI is InChI=1S/C13H23N5S/c1-3-6-15-11-8-12(18-13(14)17-11)16-9-4-5-10(7-9)19-2/h8-10H,3-7H2,1-2H3,(H4,14,15,16,17,18). The SMILES string of the molecule is CCCNc1cc(NC2CCC(SC)C2)nc(N)n1. The topological polar surface area (TPSA) is 75.9 Å². The molecule has 1 aromatic rings. The van der Waals surface area contributed by atoms with Crippen molar-refractivity contribution in [2.24, 2.45) is 0 Å². The van der Waals surface area contributed by atoms with Gasteiger partial charge in [-0.2, -0.15) is 21.7 Å². The first-order valence-corrected chi connectivity index (χ1v) is 8.17. The summed E-state index contributed by atoms with van der Waals surface area (Å²) in [6, 6.07) is 2.45. The molecular weight excluding hydrogens is 258 g/mol. The van der Waals surface area contributed by atoms with Crippen LogP contribution in [0.15, 0.2) is 6.07 Å². The summed E-state index contributed by atoms with van der Waals surface area (Å²) in [7, 11) is 0. The maximum Gasteiger partial charge on any atom is 0.223 e. The molecule has 0 spiro atoms. The smallest absolute Gasteiger partial charge is 0.223 e. The van der Waals surface area contributed by atoms with Crippen LogP contribution in [0.5, 0.6) is 0 Å². The number of anilines is 3. The van der Waals surface area contributed by atoms with Crippen molar-refractivity contribution in [1.82, 2.24) is 9.97 Å². The zero-order valence-electron chi connectivity index (χ0n) is 11.6. The van der Waals surface area contributed by atoms with Crippen molar-refractivity contribution in [3.05, 3.63) is 6.07 Å². The number of nitrogens with two attached hydrogens (primary N) is 1. The van der Waals surface area contributed by atoms with Gasteiger partial charge in [0, 0.05) is 23.9 Å². The number of nitrogens with one attached hydrogen (secondary N) is 2. The Balaban J connectivity index is 1.97. The summed E-state index contributed by atoms with van der Waals surface area (Å²) in [4.78, 5) is 8.45. The van der Waals surface area contributed by atoms with Crippen LogP contribution < -0.4 is 16.4 Å². The second kappa shape index (κ2) is 6.84. The van der Waals surface area contributed by atoms with Crippen molar-refractivity contribution < 1.29 is 0 Å². The lowest BCUT2D eigenvalue weighted by atomic mass is 10.2. The maximum absolute atomic E-state index is 5.75. The summed E-state index contributed by atoms with van der Waals surface area (Å²) in [5.41, 5.74) is 5.75. The molecule has 1 aliphatic carbocycles. The average molecular weight is 281 g/mol. The second-order valence-corrected chi connectivity index (χ2v) is 6.07. The van der Waals surface area contributed by atoms with Crippen molar-refractivity contribution in [3.63, 3.8) is 0 Å². The highest BCUT2D eigenvalue weighted by Crippen LogP contribution is 2.30. The van der Waals surface area contributed by atoms with E-state index in [0.29, 0.717) is 12.0 Å². The number of nitrogens with zero attached hydrogens (tertiary/aromatic N) is 2. The molecule has 5 nitrogen and oxygen atoms in total. The van der Waals surface area contributed by atoms with E-state index in [1.807, 2.05) is 17.8 Å². The molecule has 1 aliphatic rings. The fraction of sp³-hybridized carbons (Fsp3) is 0.692. The number of hydrogen-bond acceptors (Lipinski definition) is 6. The molecule has 2 rings (SSSR count). The highest BCUT2D eigenvalue weighted by Gasteiger charge is 2.24. The molecule has 1 heterocycles. The molecule has 0 amide bonds. The molecule has 19 heavy (non-hydrogen) atoms. The summed E-state index contributed by atoms with van der Waals surface area (Å²) < 4.78 is 0. The Morgan fingerprint density at radius 2 is 2.16 bits per heavy atom. The van der Waals surface area contributed by atoms with Gasteiger partial charge in [-0.1, -0.05) is 6.92 Å². The summed E-state index contributed by atoms with van der Waals surface area (Å²) in [5.74, 6) is 1.96. The first-order valence-electron chi connectivity index (χ1n) is 6.89. The van der Waals surface area contributed by atoms with Gasteiger partial charge in [0.05, 0.1) is 0 Å². The van der Waals surface area contributed by atoms with E-state index in [1.165, 1.54) is 19.3 Å². The molecule has 6 heteroatoms.